The molecule has 0 spiro atoms. The lowest BCUT2D eigenvalue weighted by atomic mass is 10.0. The summed E-state index contributed by atoms with van der Waals surface area (Å²) in [6.45, 7) is 6.45. The summed E-state index contributed by atoms with van der Waals surface area (Å²) in [5.74, 6) is 0.0773. The Bertz CT molecular complexity index is 857. The third-order valence-corrected chi connectivity index (χ3v) is 6.42. The second kappa shape index (κ2) is 9.77. The van der Waals surface area contributed by atoms with Crippen molar-refractivity contribution in [2.75, 3.05) is 19.6 Å². The second-order valence-electron chi connectivity index (χ2n) is 7.47. The first-order valence-electron chi connectivity index (χ1n) is 9.66. The van der Waals surface area contributed by atoms with Crippen LogP contribution in [0.3, 0.4) is 0 Å². The fraction of sp³-hybridized carbons (Fsp3) is 0.409. The van der Waals surface area contributed by atoms with E-state index in [4.69, 9.17) is 11.6 Å². The predicted octanol–water partition coefficient (Wildman–Crippen LogP) is 4.85. The number of benzene rings is 2. The number of rotatable bonds is 6. The fourth-order valence-corrected chi connectivity index (χ4v) is 4.69. The van der Waals surface area contributed by atoms with Gasteiger partial charge in [0.15, 0.2) is 0 Å². The van der Waals surface area contributed by atoms with Crippen molar-refractivity contribution >= 4 is 29.3 Å². The van der Waals surface area contributed by atoms with Crippen LogP contribution in [0.15, 0.2) is 35.2 Å². The lowest BCUT2D eigenvalue weighted by Gasteiger charge is -2.14. The molecule has 2 aromatic rings. The van der Waals surface area contributed by atoms with Crippen molar-refractivity contribution in [3.63, 3.8) is 0 Å². The first-order chi connectivity index (χ1) is 13.5. The number of fused-ring (bicyclic) bond motifs is 1. The average Bonchev–Trinajstić information content (AvgIpc) is 2.91. The van der Waals surface area contributed by atoms with Crippen molar-refractivity contribution in [1.82, 2.24) is 10.6 Å². The quantitative estimate of drug-likeness (QED) is 0.656. The SMILES string of the molecule is CC(C)CNC(=O)c1ccc(CSc2c(Cl)ccc3c2CCNCC3)cc1F. The van der Waals surface area contributed by atoms with Gasteiger partial charge >= 0.3 is 0 Å². The largest absolute Gasteiger partial charge is 0.352 e. The second-order valence-corrected chi connectivity index (χ2v) is 8.86. The maximum absolute atomic E-state index is 14.5. The summed E-state index contributed by atoms with van der Waals surface area (Å²) in [5, 5.41) is 6.92. The highest BCUT2D eigenvalue weighted by molar-refractivity contribution is 7.98. The number of hydrogen-bond donors (Lipinski definition) is 2. The van der Waals surface area contributed by atoms with Gasteiger partial charge in [0, 0.05) is 17.2 Å². The Morgan fingerprint density at radius 1 is 1.25 bits per heavy atom. The minimum absolute atomic E-state index is 0.0899. The maximum Gasteiger partial charge on any atom is 0.254 e. The molecule has 0 saturated heterocycles. The molecular weight excluding hydrogens is 395 g/mol. The fourth-order valence-electron chi connectivity index (χ4n) is 3.25. The summed E-state index contributed by atoms with van der Waals surface area (Å²) in [4.78, 5) is 13.2. The van der Waals surface area contributed by atoms with Crippen LogP contribution in [-0.4, -0.2) is 25.5 Å². The summed E-state index contributed by atoms with van der Waals surface area (Å²) in [6.07, 6.45) is 1.94. The molecule has 3 nitrogen and oxygen atoms in total. The van der Waals surface area contributed by atoms with E-state index in [1.807, 2.05) is 26.0 Å². The monoisotopic (exact) mass is 420 g/mol. The molecule has 0 radical (unpaired) electrons. The Hall–Kier alpha value is -1.56. The minimum atomic E-state index is -0.485. The van der Waals surface area contributed by atoms with Gasteiger partial charge in [0.2, 0.25) is 0 Å². The first-order valence-corrected chi connectivity index (χ1v) is 11.0. The zero-order valence-electron chi connectivity index (χ0n) is 16.3. The van der Waals surface area contributed by atoms with Crippen LogP contribution < -0.4 is 10.6 Å². The molecule has 0 aliphatic carbocycles. The Balaban J connectivity index is 1.72. The third-order valence-electron chi connectivity index (χ3n) is 4.76. The number of thioether (sulfide) groups is 1. The van der Waals surface area contributed by atoms with Gasteiger partial charge in [0.05, 0.1) is 10.6 Å². The number of carbonyl (C=O) groups is 1. The van der Waals surface area contributed by atoms with Crippen LogP contribution >= 0.6 is 23.4 Å². The standard InChI is InChI=1S/C22H26ClFN2OS/c1-14(2)12-26-22(27)18-5-3-15(11-20(18)24)13-28-21-17-8-10-25-9-7-16(17)4-6-19(21)23/h3-6,11,14,25H,7-10,12-13H2,1-2H3,(H,26,27). The smallest absolute Gasteiger partial charge is 0.254 e. The number of amides is 1. The van der Waals surface area contributed by atoms with Gasteiger partial charge in [-0.1, -0.05) is 37.6 Å². The van der Waals surface area contributed by atoms with E-state index in [0.717, 1.165) is 41.4 Å². The van der Waals surface area contributed by atoms with Crippen LogP contribution in [0.25, 0.3) is 0 Å². The highest BCUT2D eigenvalue weighted by Crippen LogP contribution is 2.36. The van der Waals surface area contributed by atoms with E-state index in [9.17, 15) is 9.18 Å². The molecule has 0 atom stereocenters. The van der Waals surface area contributed by atoms with Crippen molar-refractivity contribution in [3.05, 3.63) is 63.4 Å². The van der Waals surface area contributed by atoms with Gasteiger partial charge in [-0.15, -0.1) is 11.8 Å². The zero-order chi connectivity index (χ0) is 20.1. The molecule has 6 heteroatoms. The van der Waals surface area contributed by atoms with Gasteiger partial charge in [0.25, 0.3) is 5.91 Å². The molecule has 1 aliphatic rings. The number of nitrogens with one attached hydrogen (secondary N) is 2. The van der Waals surface area contributed by atoms with Gasteiger partial charge in [-0.2, -0.15) is 0 Å². The summed E-state index contributed by atoms with van der Waals surface area (Å²) < 4.78 is 14.5. The van der Waals surface area contributed by atoms with Crippen LogP contribution in [0, 0.1) is 11.7 Å². The van der Waals surface area contributed by atoms with Crippen LogP contribution in [0.5, 0.6) is 0 Å². The molecule has 1 aliphatic heterocycles. The van der Waals surface area contributed by atoms with Gasteiger partial charge in [-0.25, -0.2) is 4.39 Å². The molecule has 150 valence electrons. The molecule has 0 aromatic heterocycles. The van der Waals surface area contributed by atoms with Gasteiger partial charge in [-0.05, 0) is 66.7 Å². The van der Waals surface area contributed by atoms with E-state index in [0.29, 0.717) is 18.2 Å². The van der Waals surface area contributed by atoms with Gasteiger partial charge in [0.1, 0.15) is 5.82 Å². The maximum atomic E-state index is 14.5. The average molecular weight is 421 g/mol. The first kappa shape index (κ1) is 21.2. The third kappa shape index (κ3) is 5.28. The summed E-state index contributed by atoms with van der Waals surface area (Å²) in [5.41, 5.74) is 3.56. The summed E-state index contributed by atoms with van der Waals surface area (Å²) >= 11 is 8.11. The highest BCUT2D eigenvalue weighted by atomic mass is 35.5. The molecule has 0 saturated carbocycles. The Morgan fingerprint density at radius 2 is 2.04 bits per heavy atom. The minimum Gasteiger partial charge on any atom is -0.352 e. The Morgan fingerprint density at radius 3 is 2.79 bits per heavy atom. The molecule has 0 unspecified atom stereocenters. The van der Waals surface area contributed by atoms with Gasteiger partial charge in [-0.3, -0.25) is 4.79 Å². The molecule has 1 heterocycles. The molecule has 0 fully saturated rings. The van der Waals surface area contributed by atoms with Crippen LogP contribution in [-0.2, 0) is 18.6 Å². The van der Waals surface area contributed by atoms with Crippen molar-refractivity contribution in [2.45, 2.75) is 37.3 Å². The highest BCUT2D eigenvalue weighted by Gasteiger charge is 2.16. The van der Waals surface area contributed by atoms with E-state index in [-0.39, 0.29) is 11.5 Å². The molecule has 28 heavy (non-hydrogen) atoms. The molecule has 0 bridgehead atoms. The van der Waals surface area contributed by atoms with E-state index in [1.54, 1.807) is 17.8 Å². The molecule has 2 N–H and O–H groups in total. The van der Waals surface area contributed by atoms with Crippen molar-refractivity contribution in [2.24, 2.45) is 5.92 Å². The van der Waals surface area contributed by atoms with E-state index < -0.39 is 5.82 Å². The molecule has 2 aromatic carbocycles. The predicted molar refractivity (Wildman–Crippen MR) is 115 cm³/mol. The summed E-state index contributed by atoms with van der Waals surface area (Å²) in [7, 11) is 0. The van der Waals surface area contributed by atoms with Crippen LogP contribution in [0.2, 0.25) is 5.02 Å². The van der Waals surface area contributed by atoms with E-state index >= 15 is 0 Å². The number of hydrogen-bond acceptors (Lipinski definition) is 3. The number of carbonyl (C=O) groups excluding carboxylic acids is 1. The lowest BCUT2D eigenvalue weighted by Crippen LogP contribution is -2.28. The normalized spacial score (nSPS) is 13.9. The van der Waals surface area contributed by atoms with Crippen molar-refractivity contribution in [1.29, 1.82) is 0 Å². The zero-order valence-corrected chi connectivity index (χ0v) is 17.9. The molecule has 3 rings (SSSR count). The lowest BCUT2D eigenvalue weighted by molar-refractivity contribution is 0.0945. The van der Waals surface area contributed by atoms with Crippen LogP contribution in [0.1, 0.15) is 40.9 Å². The van der Waals surface area contributed by atoms with Gasteiger partial charge < -0.3 is 10.6 Å². The van der Waals surface area contributed by atoms with E-state index in [1.165, 1.54) is 17.2 Å². The topological polar surface area (TPSA) is 41.1 Å². The Kier molecular flexibility index (Phi) is 7.38. The molecule has 1 amide bonds. The van der Waals surface area contributed by atoms with Crippen LogP contribution in [0.4, 0.5) is 4.39 Å². The molecular formula is C22H26ClFN2OS. The summed E-state index contributed by atoms with van der Waals surface area (Å²) in [6, 6.07) is 8.90. The van der Waals surface area contributed by atoms with E-state index in [2.05, 4.69) is 16.7 Å². The Labute approximate surface area is 175 Å². The van der Waals surface area contributed by atoms with Crippen molar-refractivity contribution in [3.8, 4) is 0 Å². The number of halogens is 2. The van der Waals surface area contributed by atoms with Crippen molar-refractivity contribution < 1.29 is 9.18 Å².